The molecule has 0 aliphatic carbocycles. The summed E-state index contributed by atoms with van der Waals surface area (Å²) in [6.45, 7) is 2.97. The van der Waals surface area contributed by atoms with Crippen molar-refractivity contribution in [2.45, 2.75) is 19.9 Å². The lowest BCUT2D eigenvalue weighted by atomic mass is 10.2. The first-order valence-corrected chi connectivity index (χ1v) is 5.39. The number of halogens is 1. The standard InChI is InChI=1S/C10H12ClN5/c1-2-3-16-5-7(4-15-16)9-8(11)10(12)14-6-13-9/h4-6H,2-3H2,1H3,(H2,12,13,14). The van der Waals surface area contributed by atoms with Crippen molar-refractivity contribution in [1.29, 1.82) is 0 Å². The third kappa shape index (κ3) is 1.99. The van der Waals surface area contributed by atoms with Crippen LogP contribution in [0.25, 0.3) is 11.3 Å². The fourth-order valence-electron chi connectivity index (χ4n) is 1.42. The number of rotatable bonds is 3. The predicted molar refractivity (Wildman–Crippen MR) is 63.0 cm³/mol. The van der Waals surface area contributed by atoms with Crippen molar-refractivity contribution in [3.8, 4) is 11.3 Å². The quantitative estimate of drug-likeness (QED) is 0.886. The van der Waals surface area contributed by atoms with E-state index < -0.39 is 0 Å². The molecule has 6 heteroatoms. The molecule has 0 amide bonds. The van der Waals surface area contributed by atoms with Crippen LogP contribution in [0.1, 0.15) is 13.3 Å². The lowest BCUT2D eigenvalue weighted by Gasteiger charge is -2.01. The van der Waals surface area contributed by atoms with E-state index in [2.05, 4.69) is 22.0 Å². The third-order valence-corrected chi connectivity index (χ3v) is 2.55. The molecule has 0 saturated heterocycles. The minimum absolute atomic E-state index is 0.287. The van der Waals surface area contributed by atoms with Crippen LogP contribution in [0.2, 0.25) is 5.02 Å². The number of anilines is 1. The van der Waals surface area contributed by atoms with E-state index in [0.717, 1.165) is 18.5 Å². The van der Waals surface area contributed by atoms with E-state index in [4.69, 9.17) is 17.3 Å². The molecule has 2 aromatic rings. The summed E-state index contributed by atoms with van der Waals surface area (Å²) in [5.74, 6) is 0.287. The van der Waals surface area contributed by atoms with Gasteiger partial charge in [0, 0.05) is 18.3 Å². The Morgan fingerprint density at radius 3 is 3.00 bits per heavy atom. The van der Waals surface area contributed by atoms with Gasteiger partial charge in [-0.2, -0.15) is 5.10 Å². The highest BCUT2D eigenvalue weighted by atomic mass is 35.5. The Labute approximate surface area is 98.3 Å². The minimum atomic E-state index is 0.287. The fraction of sp³-hybridized carbons (Fsp3) is 0.300. The number of hydrogen-bond acceptors (Lipinski definition) is 4. The molecule has 0 unspecified atom stereocenters. The van der Waals surface area contributed by atoms with Crippen molar-refractivity contribution in [1.82, 2.24) is 19.7 Å². The Balaban J connectivity index is 2.39. The van der Waals surface area contributed by atoms with Crippen LogP contribution in [0.15, 0.2) is 18.7 Å². The molecule has 16 heavy (non-hydrogen) atoms. The van der Waals surface area contributed by atoms with Crippen molar-refractivity contribution in [3.63, 3.8) is 0 Å². The van der Waals surface area contributed by atoms with Crippen LogP contribution in [0.5, 0.6) is 0 Å². The second kappa shape index (κ2) is 4.49. The van der Waals surface area contributed by atoms with Gasteiger partial charge in [0.25, 0.3) is 0 Å². The van der Waals surface area contributed by atoms with E-state index >= 15 is 0 Å². The van der Waals surface area contributed by atoms with Gasteiger partial charge in [0.2, 0.25) is 0 Å². The van der Waals surface area contributed by atoms with Gasteiger partial charge in [-0.25, -0.2) is 9.97 Å². The number of aryl methyl sites for hydroxylation is 1. The van der Waals surface area contributed by atoms with Crippen molar-refractivity contribution in [3.05, 3.63) is 23.7 Å². The number of aromatic nitrogens is 4. The summed E-state index contributed by atoms with van der Waals surface area (Å²) < 4.78 is 1.85. The van der Waals surface area contributed by atoms with Crippen LogP contribution in [-0.4, -0.2) is 19.7 Å². The van der Waals surface area contributed by atoms with Crippen molar-refractivity contribution >= 4 is 17.4 Å². The van der Waals surface area contributed by atoms with Crippen LogP contribution in [-0.2, 0) is 6.54 Å². The predicted octanol–water partition coefficient (Wildman–Crippen LogP) is 1.99. The number of nitrogens with two attached hydrogens (primary N) is 1. The van der Waals surface area contributed by atoms with Crippen molar-refractivity contribution < 1.29 is 0 Å². The Bertz CT molecular complexity index is 494. The molecule has 0 bridgehead atoms. The molecule has 0 aliphatic heterocycles. The van der Waals surface area contributed by atoms with Gasteiger partial charge in [0.15, 0.2) is 0 Å². The maximum atomic E-state index is 6.03. The fourth-order valence-corrected chi connectivity index (χ4v) is 1.63. The highest BCUT2D eigenvalue weighted by Crippen LogP contribution is 2.28. The van der Waals surface area contributed by atoms with Gasteiger partial charge in [0.1, 0.15) is 17.2 Å². The van der Waals surface area contributed by atoms with Gasteiger partial charge in [-0.05, 0) is 6.42 Å². The van der Waals surface area contributed by atoms with Gasteiger partial charge < -0.3 is 5.73 Å². The van der Waals surface area contributed by atoms with Crippen molar-refractivity contribution in [2.75, 3.05) is 5.73 Å². The first-order valence-electron chi connectivity index (χ1n) is 5.01. The molecule has 0 aromatic carbocycles. The summed E-state index contributed by atoms with van der Waals surface area (Å²) in [5, 5.41) is 4.58. The third-order valence-electron chi connectivity index (χ3n) is 2.18. The molecule has 2 N–H and O–H groups in total. The van der Waals surface area contributed by atoms with Gasteiger partial charge in [-0.15, -0.1) is 0 Å². The van der Waals surface area contributed by atoms with E-state index in [1.54, 1.807) is 6.20 Å². The molecule has 0 fully saturated rings. The maximum absolute atomic E-state index is 6.03. The van der Waals surface area contributed by atoms with Crippen LogP contribution >= 0.6 is 11.6 Å². The van der Waals surface area contributed by atoms with Gasteiger partial charge in [-0.3, -0.25) is 4.68 Å². The largest absolute Gasteiger partial charge is 0.382 e. The second-order valence-electron chi connectivity index (χ2n) is 3.41. The molecule has 2 aromatic heterocycles. The van der Waals surface area contributed by atoms with Crippen LogP contribution < -0.4 is 5.73 Å². The minimum Gasteiger partial charge on any atom is -0.382 e. The highest BCUT2D eigenvalue weighted by Gasteiger charge is 2.10. The molecular weight excluding hydrogens is 226 g/mol. The Morgan fingerprint density at radius 2 is 2.25 bits per heavy atom. The lowest BCUT2D eigenvalue weighted by molar-refractivity contribution is 0.603. The average molecular weight is 238 g/mol. The summed E-state index contributed by atoms with van der Waals surface area (Å²) in [5.41, 5.74) is 7.09. The highest BCUT2D eigenvalue weighted by molar-refractivity contribution is 6.35. The molecule has 0 spiro atoms. The lowest BCUT2D eigenvalue weighted by Crippen LogP contribution is -1.96. The molecule has 0 saturated carbocycles. The van der Waals surface area contributed by atoms with Crippen LogP contribution in [0.3, 0.4) is 0 Å². The SMILES string of the molecule is CCCn1cc(-c2ncnc(N)c2Cl)cn1. The van der Waals surface area contributed by atoms with Crippen LogP contribution in [0.4, 0.5) is 5.82 Å². The van der Waals surface area contributed by atoms with E-state index in [0.29, 0.717) is 10.7 Å². The number of nitrogen functional groups attached to an aromatic ring is 1. The van der Waals surface area contributed by atoms with E-state index in [-0.39, 0.29) is 5.82 Å². The Kier molecular flexibility index (Phi) is 3.05. The number of hydrogen-bond donors (Lipinski definition) is 1. The Morgan fingerprint density at radius 1 is 1.44 bits per heavy atom. The van der Waals surface area contributed by atoms with E-state index in [9.17, 15) is 0 Å². The zero-order valence-electron chi connectivity index (χ0n) is 8.89. The zero-order valence-corrected chi connectivity index (χ0v) is 9.65. The zero-order chi connectivity index (χ0) is 11.5. The number of nitrogens with zero attached hydrogens (tertiary/aromatic N) is 4. The van der Waals surface area contributed by atoms with Crippen molar-refractivity contribution in [2.24, 2.45) is 0 Å². The molecule has 0 aliphatic rings. The molecule has 84 valence electrons. The first-order chi connectivity index (χ1) is 7.72. The summed E-state index contributed by atoms with van der Waals surface area (Å²) in [6.07, 6.45) is 6.05. The van der Waals surface area contributed by atoms with Crippen LogP contribution in [0, 0.1) is 0 Å². The second-order valence-corrected chi connectivity index (χ2v) is 3.79. The topological polar surface area (TPSA) is 69.6 Å². The monoisotopic (exact) mass is 237 g/mol. The average Bonchev–Trinajstić information content (AvgIpc) is 2.71. The summed E-state index contributed by atoms with van der Waals surface area (Å²) in [6, 6.07) is 0. The smallest absolute Gasteiger partial charge is 0.146 e. The summed E-state index contributed by atoms with van der Waals surface area (Å²) in [7, 11) is 0. The van der Waals surface area contributed by atoms with E-state index in [1.165, 1.54) is 6.33 Å². The molecule has 0 atom stereocenters. The van der Waals surface area contributed by atoms with Gasteiger partial charge >= 0.3 is 0 Å². The molecule has 2 rings (SSSR count). The maximum Gasteiger partial charge on any atom is 0.146 e. The van der Waals surface area contributed by atoms with Gasteiger partial charge in [0.05, 0.1) is 11.9 Å². The van der Waals surface area contributed by atoms with E-state index in [1.807, 2.05) is 10.9 Å². The van der Waals surface area contributed by atoms with Gasteiger partial charge in [-0.1, -0.05) is 18.5 Å². The normalized spacial score (nSPS) is 10.6. The summed E-state index contributed by atoms with van der Waals surface area (Å²) >= 11 is 6.03. The molecule has 0 radical (unpaired) electrons. The molecular formula is C10H12ClN5. The Hall–Kier alpha value is -1.62. The molecule has 5 nitrogen and oxygen atoms in total. The first kappa shape index (κ1) is 10.9. The molecule has 2 heterocycles. The summed E-state index contributed by atoms with van der Waals surface area (Å²) in [4.78, 5) is 7.92.